The third-order valence-corrected chi connectivity index (χ3v) is 4.00. The summed E-state index contributed by atoms with van der Waals surface area (Å²) in [6, 6.07) is 14.3. The fourth-order valence-corrected chi connectivity index (χ4v) is 2.64. The molecule has 7 nitrogen and oxygen atoms in total. The van der Waals surface area contributed by atoms with E-state index in [0.717, 1.165) is 5.56 Å². The molecule has 2 heterocycles. The Morgan fingerprint density at radius 3 is 2.71 bits per heavy atom. The summed E-state index contributed by atoms with van der Waals surface area (Å²) in [5, 5.41) is 11.9. The number of aromatic nitrogens is 2. The van der Waals surface area contributed by atoms with Gasteiger partial charge in [0.05, 0.1) is 0 Å². The lowest BCUT2D eigenvalue weighted by Crippen LogP contribution is -2.25. The van der Waals surface area contributed by atoms with Crippen molar-refractivity contribution in [1.82, 2.24) is 14.7 Å². The number of amides is 1. The maximum Gasteiger partial charge on any atom is 0.269 e. The van der Waals surface area contributed by atoms with E-state index in [1.165, 1.54) is 10.5 Å². The Hall–Kier alpha value is -3.92. The number of carbonyl (C=O) groups is 1. The first-order chi connectivity index (χ1) is 13.5. The van der Waals surface area contributed by atoms with Gasteiger partial charge < -0.3 is 10.1 Å². The minimum atomic E-state index is -0.565. The molecule has 1 N–H and O–H groups in total. The zero-order valence-electron chi connectivity index (χ0n) is 15.5. The SMILES string of the molecule is CCNC(=O)C(C#N)=Cc1c(Oc2ccccc2)nc2c(C)cccn2c1=O. The van der Waals surface area contributed by atoms with Crippen LogP contribution in [0.1, 0.15) is 18.1 Å². The number of nitriles is 1. The van der Waals surface area contributed by atoms with Crippen LogP contribution in [0, 0.1) is 18.3 Å². The normalized spacial score (nSPS) is 11.1. The van der Waals surface area contributed by atoms with Gasteiger partial charge in [-0.15, -0.1) is 0 Å². The molecular weight excluding hydrogens is 356 g/mol. The molecule has 0 atom stereocenters. The van der Waals surface area contributed by atoms with Crippen molar-refractivity contribution in [2.45, 2.75) is 13.8 Å². The molecule has 0 radical (unpaired) electrons. The molecular formula is C21H18N4O3. The van der Waals surface area contributed by atoms with Gasteiger partial charge in [-0.2, -0.15) is 10.2 Å². The summed E-state index contributed by atoms with van der Waals surface area (Å²) in [7, 11) is 0. The maximum absolute atomic E-state index is 13.1. The van der Waals surface area contributed by atoms with Crippen molar-refractivity contribution < 1.29 is 9.53 Å². The molecule has 1 amide bonds. The molecule has 0 unspecified atom stereocenters. The van der Waals surface area contributed by atoms with E-state index in [4.69, 9.17) is 4.74 Å². The molecule has 0 saturated carbocycles. The highest BCUT2D eigenvalue weighted by atomic mass is 16.5. The lowest BCUT2D eigenvalue weighted by Gasteiger charge is -2.11. The average molecular weight is 374 g/mol. The molecule has 1 aromatic carbocycles. The Bertz CT molecular complexity index is 1160. The monoisotopic (exact) mass is 374 g/mol. The second-order valence-corrected chi connectivity index (χ2v) is 5.96. The molecule has 28 heavy (non-hydrogen) atoms. The van der Waals surface area contributed by atoms with Crippen LogP contribution in [0.25, 0.3) is 11.7 Å². The van der Waals surface area contributed by atoms with E-state index in [2.05, 4.69) is 10.3 Å². The van der Waals surface area contributed by atoms with E-state index in [1.54, 1.807) is 43.5 Å². The van der Waals surface area contributed by atoms with E-state index in [1.807, 2.05) is 25.1 Å². The molecule has 0 aliphatic heterocycles. The van der Waals surface area contributed by atoms with Gasteiger partial charge in [-0.25, -0.2) is 0 Å². The van der Waals surface area contributed by atoms with Gasteiger partial charge in [-0.05, 0) is 43.7 Å². The van der Waals surface area contributed by atoms with E-state index < -0.39 is 11.5 Å². The molecule has 7 heteroatoms. The number of rotatable bonds is 5. The Labute approximate surface area is 161 Å². The highest BCUT2D eigenvalue weighted by Gasteiger charge is 2.17. The first kappa shape index (κ1) is 18.9. The minimum Gasteiger partial charge on any atom is -0.438 e. The number of hydrogen-bond donors (Lipinski definition) is 1. The number of carbonyl (C=O) groups excluding carboxylic acids is 1. The van der Waals surface area contributed by atoms with Crippen LogP contribution in [-0.2, 0) is 4.79 Å². The number of pyridine rings is 1. The standard InChI is InChI=1S/C21H18N4O3/c1-3-23-19(26)15(13-22)12-17-20(28-16-9-5-4-6-10-16)24-18-14(2)8-7-11-25(18)21(17)27/h4-12H,3H2,1-2H3,(H,23,26). The van der Waals surface area contributed by atoms with Crippen LogP contribution in [0.5, 0.6) is 11.6 Å². The van der Waals surface area contributed by atoms with Crippen molar-refractivity contribution in [2.24, 2.45) is 0 Å². The second kappa shape index (κ2) is 8.18. The molecule has 2 aromatic heterocycles. The summed E-state index contributed by atoms with van der Waals surface area (Å²) in [6.45, 7) is 3.93. The Morgan fingerprint density at radius 1 is 1.29 bits per heavy atom. The summed E-state index contributed by atoms with van der Waals surface area (Å²) in [4.78, 5) is 29.7. The van der Waals surface area contributed by atoms with E-state index in [9.17, 15) is 14.9 Å². The molecule has 0 spiro atoms. The van der Waals surface area contributed by atoms with Gasteiger partial charge in [-0.3, -0.25) is 14.0 Å². The zero-order valence-corrected chi connectivity index (χ0v) is 15.5. The second-order valence-electron chi connectivity index (χ2n) is 5.96. The smallest absolute Gasteiger partial charge is 0.269 e. The van der Waals surface area contributed by atoms with Crippen molar-refractivity contribution in [1.29, 1.82) is 5.26 Å². The van der Waals surface area contributed by atoms with Crippen molar-refractivity contribution in [3.05, 3.63) is 75.7 Å². The number of para-hydroxylation sites is 1. The van der Waals surface area contributed by atoms with Crippen LogP contribution < -0.4 is 15.6 Å². The Kier molecular flexibility index (Phi) is 5.51. The average Bonchev–Trinajstić information content (AvgIpc) is 2.70. The summed E-state index contributed by atoms with van der Waals surface area (Å²) in [5.41, 5.74) is 0.613. The van der Waals surface area contributed by atoms with Gasteiger partial charge in [0.2, 0.25) is 5.88 Å². The largest absolute Gasteiger partial charge is 0.438 e. The number of aryl methyl sites for hydroxylation is 1. The number of hydrogen-bond acceptors (Lipinski definition) is 5. The highest BCUT2D eigenvalue weighted by molar-refractivity contribution is 6.01. The van der Waals surface area contributed by atoms with Crippen molar-refractivity contribution in [3.8, 4) is 17.7 Å². The summed E-state index contributed by atoms with van der Waals surface area (Å²) in [5.74, 6) is -0.0505. The van der Waals surface area contributed by atoms with Gasteiger partial charge in [0.1, 0.15) is 28.6 Å². The molecule has 0 aliphatic rings. The van der Waals surface area contributed by atoms with Gasteiger partial charge in [-0.1, -0.05) is 24.3 Å². The third-order valence-electron chi connectivity index (χ3n) is 4.00. The maximum atomic E-state index is 13.1. The summed E-state index contributed by atoms with van der Waals surface area (Å²) < 4.78 is 7.20. The Morgan fingerprint density at radius 2 is 2.04 bits per heavy atom. The first-order valence-electron chi connectivity index (χ1n) is 8.70. The van der Waals surface area contributed by atoms with E-state index in [-0.39, 0.29) is 17.0 Å². The molecule has 0 saturated heterocycles. The van der Waals surface area contributed by atoms with Crippen LogP contribution in [0.2, 0.25) is 0 Å². The number of nitrogens with one attached hydrogen (secondary N) is 1. The van der Waals surface area contributed by atoms with Crippen molar-refractivity contribution >= 4 is 17.6 Å². The number of ether oxygens (including phenoxy) is 1. The van der Waals surface area contributed by atoms with Crippen LogP contribution in [-0.4, -0.2) is 21.8 Å². The molecule has 140 valence electrons. The van der Waals surface area contributed by atoms with Crippen LogP contribution in [0.3, 0.4) is 0 Å². The third kappa shape index (κ3) is 3.76. The summed E-state index contributed by atoms with van der Waals surface area (Å²) in [6.07, 6.45) is 2.80. The number of benzene rings is 1. The quantitative estimate of drug-likeness (QED) is 0.547. The number of nitrogens with zero attached hydrogens (tertiary/aromatic N) is 3. The van der Waals surface area contributed by atoms with Gasteiger partial charge in [0.15, 0.2) is 0 Å². The lowest BCUT2D eigenvalue weighted by atomic mass is 10.1. The molecule has 0 aliphatic carbocycles. The predicted octanol–water partition coefficient (Wildman–Crippen LogP) is 2.84. The summed E-state index contributed by atoms with van der Waals surface area (Å²) >= 11 is 0. The highest BCUT2D eigenvalue weighted by Crippen LogP contribution is 2.24. The molecule has 0 bridgehead atoms. The van der Waals surface area contributed by atoms with Crippen LogP contribution in [0.15, 0.2) is 59.0 Å². The number of fused-ring (bicyclic) bond motifs is 1. The van der Waals surface area contributed by atoms with Gasteiger partial charge in [0, 0.05) is 12.7 Å². The lowest BCUT2D eigenvalue weighted by molar-refractivity contribution is -0.116. The fraction of sp³-hybridized carbons (Fsp3) is 0.143. The van der Waals surface area contributed by atoms with Crippen molar-refractivity contribution in [3.63, 3.8) is 0 Å². The van der Waals surface area contributed by atoms with Gasteiger partial charge >= 0.3 is 0 Å². The minimum absolute atomic E-state index is 0.0229. The topological polar surface area (TPSA) is 96.5 Å². The molecule has 3 rings (SSSR count). The van der Waals surface area contributed by atoms with Crippen molar-refractivity contribution in [2.75, 3.05) is 6.54 Å². The van der Waals surface area contributed by atoms with E-state index in [0.29, 0.717) is 17.9 Å². The fourth-order valence-electron chi connectivity index (χ4n) is 2.64. The van der Waals surface area contributed by atoms with Gasteiger partial charge in [0.25, 0.3) is 11.5 Å². The predicted molar refractivity (Wildman–Crippen MR) is 105 cm³/mol. The van der Waals surface area contributed by atoms with Crippen LogP contribution in [0.4, 0.5) is 0 Å². The zero-order chi connectivity index (χ0) is 20.1. The molecule has 3 aromatic rings. The number of likely N-dealkylation sites (N-methyl/N-ethyl adjacent to an activating group) is 1. The Balaban J connectivity index is 2.25. The van der Waals surface area contributed by atoms with Crippen LogP contribution >= 0.6 is 0 Å². The first-order valence-corrected chi connectivity index (χ1v) is 8.70. The molecule has 0 fully saturated rings. The van der Waals surface area contributed by atoms with E-state index >= 15 is 0 Å².